The Bertz CT molecular complexity index is 1100. The van der Waals surface area contributed by atoms with Crippen LogP contribution in [0.1, 0.15) is 28.4 Å². The van der Waals surface area contributed by atoms with E-state index in [-0.39, 0.29) is 5.91 Å². The predicted molar refractivity (Wildman–Crippen MR) is 115 cm³/mol. The summed E-state index contributed by atoms with van der Waals surface area (Å²) in [5.41, 5.74) is 3.89. The van der Waals surface area contributed by atoms with Gasteiger partial charge >= 0.3 is 0 Å². The summed E-state index contributed by atoms with van der Waals surface area (Å²) in [5, 5.41) is 0. The summed E-state index contributed by atoms with van der Waals surface area (Å²) < 4.78 is 19.3. The molecule has 7 heteroatoms. The zero-order chi connectivity index (χ0) is 21.0. The first kappa shape index (κ1) is 21.1. The zero-order valence-corrected chi connectivity index (χ0v) is 18.3. The molecule has 0 aliphatic carbocycles. The number of nitrogens with zero attached hydrogens (tertiary/aromatic N) is 2. The van der Waals surface area contributed by atoms with Gasteiger partial charge in [-0.05, 0) is 56.2 Å². The van der Waals surface area contributed by atoms with Crippen molar-refractivity contribution in [1.29, 1.82) is 0 Å². The predicted octanol–water partition coefficient (Wildman–Crippen LogP) is 4.11. The Balaban J connectivity index is 2.09. The van der Waals surface area contributed by atoms with Crippen molar-refractivity contribution in [3.05, 3.63) is 51.8 Å². The van der Waals surface area contributed by atoms with Crippen molar-refractivity contribution in [3.63, 3.8) is 0 Å². The van der Waals surface area contributed by atoms with Gasteiger partial charge in [0.25, 0.3) is 5.91 Å². The average Bonchev–Trinajstić information content (AvgIpc) is 3.04. The fourth-order valence-corrected chi connectivity index (χ4v) is 4.54. The summed E-state index contributed by atoms with van der Waals surface area (Å²) in [5.74, 6) is 0.751. The fraction of sp³-hybridized carbons (Fsp3) is 0.364. The fourth-order valence-electron chi connectivity index (χ4n) is 3.31. The molecule has 3 rings (SSSR count). The second-order valence-corrected chi connectivity index (χ2v) is 7.66. The minimum absolute atomic E-state index is 0.322. The molecule has 0 radical (unpaired) electrons. The maximum absolute atomic E-state index is 12.9. The van der Waals surface area contributed by atoms with Crippen molar-refractivity contribution < 1.29 is 19.0 Å². The summed E-state index contributed by atoms with van der Waals surface area (Å²) in [6.45, 7) is 7.97. The quantitative estimate of drug-likeness (QED) is 0.546. The van der Waals surface area contributed by atoms with E-state index in [0.29, 0.717) is 41.6 Å². The SMILES string of the molecule is CCOCCn1c(=NC(=O)c2ccc(OC)c(OC)c2)sc2cc(C)cc(C)c21. The first-order valence-corrected chi connectivity index (χ1v) is 10.3. The largest absolute Gasteiger partial charge is 0.493 e. The molecular weight excluding hydrogens is 388 g/mol. The van der Waals surface area contributed by atoms with E-state index in [1.165, 1.54) is 16.9 Å². The number of amides is 1. The van der Waals surface area contributed by atoms with Crippen molar-refractivity contribution in [1.82, 2.24) is 4.57 Å². The highest BCUT2D eigenvalue weighted by atomic mass is 32.1. The van der Waals surface area contributed by atoms with Gasteiger partial charge in [-0.3, -0.25) is 4.79 Å². The van der Waals surface area contributed by atoms with Crippen molar-refractivity contribution in [2.45, 2.75) is 27.3 Å². The van der Waals surface area contributed by atoms with Gasteiger partial charge < -0.3 is 18.8 Å². The molecule has 0 saturated carbocycles. The number of hydrogen-bond donors (Lipinski definition) is 0. The molecule has 0 N–H and O–H groups in total. The van der Waals surface area contributed by atoms with Crippen LogP contribution in [0.3, 0.4) is 0 Å². The van der Waals surface area contributed by atoms with Crippen molar-refractivity contribution in [2.75, 3.05) is 27.4 Å². The highest BCUT2D eigenvalue weighted by molar-refractivity contribution is 7.16. The molecule has 0 bridgehead atoms. The second-order valence-electron chi connectivity index (χ2n) is 6.65. The topological polar surface area (TPSA) is 62.1 Å². The maximum Gasteiger partial charge on any atom is 0.279 e. The molecule has 0 unspecified atom stereocenters. The van der Waals surface area contributed by atoms with Crippen LogP contribution in [0, 0.1) is 13.8 Å². The first-order chi connectivity index (χ1) is 14.0. The number of carbonyl (C=O) groups excluding carboxylic acids is 1. The lowest BCUT2D eigenvalue weighted by atomic mass is 10.1. The van der Waals surface area contributed by atoms with E-state index in [0.717, 1.165) is 15.8 Å². The van der Waals surface area contributed by atoms with Crippen LogP contribution in [0.15, 0.2) is 35.3 Å². The van der Waals surface area contributed by atoms with Gasteiger partial charge in [0.05, 0.1) is 31.0 Å². The Morgan fingerprint density at radius 3 is 2.55 bits per heavy atom. The van der Waals surface area contributed by atoms with Crippen LogP contribution in [0.25, 0.3) is 10.2 Å². The van der Waals surface area contributed by atoms with E-state index < -0.39 is 0 Å². The van der Waals surface area contributed by atoms with E-state index in [1.807, 2.05) is 6.92 Å². The lowest BCUT2D eigenvalue weighted by molar-refractivity contribution is 0.0996. The molecule has 29 heavy (non-hydrogen) atoms. The first-order valence-electron chi connectivity index (χ1n) is 9.47. The van der Waals surface area contributed by atoms with E-state index in [2.05, 4.69) is 35.5 Å². The number of hydrogen-bond acceptors (Lipinski definition) is 5. The lowest BCUT2D eigenvalue weighted by Gasteiger charge is -2.09. The summed E-state index contributed by atoms with van der Waals surface area (Å²) >= 11 is 1.51. The van der Waals surface area contributed by atoms with Crippen LogP contribution in [0.2, 0.25) is 0 Å². The third-order valence-electron chi connectivity index (χ3n) is 4.60. The Morgan fingerprint density at radius 1 is 1.10 bits per heavy atom. The van der Waals surface area contributed by atoms with Gasteiger partial charge in [-0.15, -0.1) is 0 Å². The molecule has 1 heterocycles. The van der Waals surface area contributed by atoms with Gasteiger partial charge in [-0.1, -0.05) is 17.4 Å². The Kier molecular flexibility index (Phi) is 6.71. The number of ether oxygens (including phenoxy) is 3. The molecule has 1 amide bonds. The smallest absolute Gasteiger partial charge is 0.279 e. The van der Waals surface area contributed by atoms with Gasteiger partial charge in [0.1, 0.15) is 0 Å². The van der Waals surface area contributed by atoms with Gasteiger partial charge in [-0.2, -0.15) is 4.99 Å². The number of carbonyl (C=O) groups is 1. The van der Waals surface area contributed by atoms with Crippen LogP contribution in [0.4, 0.5) is 0 Å². The maximum atomic E-state index is 12.9. The molecule has 0 atom stereocenters. The number of thiazole rings is 1. The zero-order valence-electron chi connectivity index (χ0n) is 17.4. The third-order valence-corrected chi connectivity index (χ3v) is 5.63. The third kappa shape index (κ3) is 4.52. The van der Waals surface area contributed by atoms with Crippen LogP contribution in [-0.2, 0) is 11.3 Å². The number of aryl methyl sites for hydroxylation is 2. The number of methoxy groups -OCH3 is 2. The number of rotatable bonds is 7. The average molecular weight is 415 g/mol. The molecule has 0 spiro atoms. The van der Waals surface area contributed by atoms with Crippen LogP contribution in [0.5, 0.6) is 11.5 Å². The normalized spacial score (nSPS) is 11.8. The van der Waals surface area contributed by atoms with Crippen LogP contribution >= 0.6 is 11.3 Å². The molecule has 154 valence electrons. The van der Waals surface area contributed by atoms with Gasteiger partial charge in [0.2, 0.25) is 0 Å². The van der Waals surface area contributed by atoms with Crippen molar-refractivity contribution in [3.8, 4) is 11.5 Å². The molecule has 0 saturated heterocycles. The lowest BCUT2D eigenvalue weighted by Crippen LogP contribution is -2.20. The monoisotopic (exact) mass is 414 g/mol. The summed E-state index contributed by atoms with van der Waals surface area (Å²) in [6, 6.07) is 9.33. The Hall–Kier alpha value is -2.64. The molecule has 3 aromatic rings. The minimum atomic E-state index is -0.322. The van der Waals surface area contributed by atoms with E-state index >= 15 is 0 Å². The molecule has 2 aromatic carbocycles. The van der Waals surface area contributed by atoms with Crippen molar-refractivity contribution in [2.24, 2.45) is 4.99 Å². The van der Waals surface area contributed by atoms with Gasteiger partial charge in [0, 0.05) is 18.7 Å². The van der Waals surface area contributed by atoms with Gasteiger partial charge in [-0.25, -0.2) is 0 Å². The highest BCUT2D eigenvalue weighted by Gasteiger charge is 2.13. The molecule has 0 aliphatic heterocycles. The number of fused-ring (bicyclic) bond motifs is 1. The summed E-state index contributed by atoms with van der Waals surface area (Å²) in [6.07, 6.45) is 0. The second kappa shape index (κ2) is 9.24. The van der Waals surface area contributed by atoms with E-state index in [4.69, 9.17) is 14.2 Å². The standard InChI is InChI=1S/C22H26N2O4S/c1-6-28-10-9-24-20-15(3)11-14(2)12-19(20)29-22(24)23-21(25)16-7-8-17(26-4)18(13-16)27-5/h7-8,11-13H,6,9-10H2,1-5H3. The van der Waals surface area contributed by atoms with Gasteiger partial charge in [0.15, 0.2) is 16.3 Å². The van der Waals surface area contributed by atoms with Crippen LogP contribution < -0.4 is 14.3 Å². The number of benzene rings is 2. The summed E-state index contributed by atoms with van der Waals surface area (Å²) in [7, 11) is 3.11. The molecular formula is C22H26N2O4S. The Labute approximate surface area is 174 Å². The summed E-state index contributed by atoms with van der Waals surface area (Å²) in [4.78, 5) is 18.0. The van der Waals surface area contributed by atoms with Crippen molar-refractivity contribution >= 4 is 27.5 Å². The Morgan fingerprint density at radius 2 is 1.86 bits per heavy atom. The van der Waals surface area contributed by atoms with E-state index in [9.17, 15) is 4.79 Å². The van der Waals surface area contributed by atoms with Crippen LogP contribution in [-0.4, -0.2) is 37.9 Å². The molecule has 1 aromatic heterocycles. The molecule has 0 fully saturated rings. The number of aromatic nitrogens is 1. The molecule has 6 nitrogen and oxygen atoms in total. The minimum Gasteiger partial charge on any atom is -0.493 e. The highest BCUT2D eigenvalue weighted by Crippen LogP contribution is 2.28. The van der Waals surface area contributed by atoms with E-state index in [1.54, 1.807) is 32.4 Å². The molecule has 0 aliphatic rings.